The van der Waals surface area contributed by atoms with Gasteiger partial charge in [-0.2, -0.15) is 5.10 Å². The third-order valence-corrected chi connectivity index (χ3v) is 4.00. The molecule has 0 amide bonds. The smallest absolute Gasteiger partial charge is 0.314 e. The van der Waals surface area contributed by atoms with Crippen molar-refractivity contribution in [1.82, 2.24) is 14.8 Å². The first-order valence-electron chi connectivity index (χ1n) is 7.29. The van der Waals surface area contributed by atoms with Crippen molar-refractivity contribution in [2.24, 2.45) is 5.41 Å². The highest BCUT2D eigenvalue weighted by Gasteiger charge is 2.51. The molecule has 1 heterocycles. The van der Waals surface area contributed by atoms with Gasteiger partial charge in [-0.25, -0.2) is 14.1 Å². The van der Waals surface area contributed by atoms with E-state index in [1.165, 1.54) is 41.6 Å². The molecule has 2 rings (SSSR count). The molecule has 0 saturated carbocycles. The molecule has 0 radical (unpaired) electrons. The van der Waals surface area contributed by atoms with Crippen molar-refractivity contribution in [3.63, 3.8) is 0 Å². The lowest BCUT2D eigenvalue weighted by Gasteiger charge is -2.40. The number of aromatic nitrogens is 3. The van der Waals surface area contributed by atoms with Crippen LogP contribution in [0.5, 0.6) is 0 Å². The maximum Gasteiger partial charge on any atom is 0.314 e. The van der Waals surface area contributed by atoms with Gasteiger partial charge >= 0.3 is 5.97 Å². The Bertz CT molecular complexity index is 656. The van der Waals surface area contributed by atoms with Gasteiger partial charge in [0.1, 0.15) is 24.1 Å². The molecule has 2 aromatic rings. The van der Waals surface area contributed by atoms with Crippen molar-refractivity contribution in [3.05, 3.63) is 48.3 Å². The summed E-state index contributed by atoms with van der Waals surface area (Å²) in [7, 11) is 0. The van der Waals surface area contributed by atoms with E-state index in [0.29, 0.717) is 5.56 Å². The second-order valence-corrected chi connectivity index (χ2v) is 5.81. The number of rotatable bonds is 6. The second-order valence-electron chi connectivity index (χ2n) is 5.81. The molecule has 6 nitrogen and oxygen atoms in total. The van der Waals surface area contributed by atoms with Gasteiger partial charge in [-0.1, -0.05) is 12.1 Å². The predicted molar refractivity (Wildman–Crippen MR) is 80.7 cm³/mol. The van der Waals surface area contributed by atoms with Crippen LogP contribution in [0.4, 0.5) is 4.39 Å². The molecule has 1 N–H and O–H groups in total. The number of esters is 1. The molecule has 23 heavy (non-hydrogen) atoms. The molecular weight excluding hydrogens is 301 g/mol. The molecule has 0 fully saturated rings. The van der Waals surface area contributed by atoms with Gasteiger partial charge in [0.25, 0.3) is 0 Å². The molecule has 1 atom stereocenters. The van der Waals surface area contributed by atoms with E-state index in [-0.39, 0.29) is 13.2 Å². The van der Waals surface area contributed by atoms with Gasteiger partial charge in [0.15, 0.2) is 0 Å². The molecule has 0 aliphatic rings. The Morgan fingerprint density at radius 2 is 2.00 bits per heavy atom. The lowest BCUT2D eigenvalue weighted by atomic mass is 9.70. The molecule has 7 heteroatoms. The summed E-state index contributed by atoms with van der Waals surface area (Å²) in [6.45, 7) is 5.05. The summed E-state index contributed by atoms with van der Waals surface area (Å²) < 4.78 is 19.7. The van der Waals surface area contributed by atoms with Gasteiger partial charge in [0.2, 0.25) is 0 Å². The zero-order valence-electron chi connectivity index (χ0n) is 13.4. The van der Waals surface area contributed by atoms with Crippen molar-refractivity contribution in [3.8, 4) is 0 Å². The molecule has 1 aromatic carbocycles. The summed E-state index contributed by atoms with van der Waals surface area (Å²) in [5, 5.41) is 15.3. The molecule has 0 aliphatic carbocycles. The second kappa shape index (κ2) is 6.45. The van der Waals surface area contributed by atoms with Crippen LogP contribution in [0.1, 0.15) is 26.3 Å². The highest BCUT2D eigenvalue weighted by Crippen LogP contribution is 2.42. The van der Waals surface area contributed by atoms with E-state index < -0.39 is 22.8 Å². The summed E-state index contributed by atoms with van der Waals surface area (Å²) in [5.41, 5.74) is -2.54. The molecule has 0 bridgehead atoms. The maximum absolute atomic E-state index is 13.2. The van der Waals surface area contributed by atoms with Gasteiger partial charge in [0, 0.05) is 0 Å². The van der Waals surface area contributed by atoms with Gasteiger partial charge in [-0.05, 0) is 38.5 Å². The van der Waals surface area contributed by atoms with Crippen LogP contribution in [0.25, 0.3) is 0 Å². The standard InChI is InChI=1S/C16H20FN3O3/c1-4-23-14(21)15(2,3)16(22,9-20-11-18-10-19-20)12-5-7-13(17)8-6-12/h5-8,10-11,22H,4,9H2,1-3H3. The SMILES string of the molecule is CCOC(=O)C(C)(C)C(O)(Cn1cncn1)c1ccc(F)cc1. The largest absolute Gasteiger partial charge is 0.465 e. The summed E-state index contributed by atoms with van der Waals surface area (Å²) >= 11 is 0. The Morgan fingerprint density at radius 3 is 2.52 bits per heavy atom. The van der Waals surface area contributed by atoms with Crippen molar-refractivity contribution in [2.75, 3.05) is 6.61 Å². The van der Waals surface area contributed by atoms with Crippen molar-refractivity contribution < 1.29 is 19.0 Å². The maximum atomic E-state index is 13.2. The minimum absolute atomic E-state index is 0.0234. The van der Waals surface area contributed by atoms with Crippen molar-refractivity contribution in [2.45, 2.75) is 32.9 Å². The number of aliphatic hydroxyl groups is 1. The van der Waals surface area contributed by atoms with E-state index in [2.05, 4.69) is 10.1 Å². The Morgan fingerprint density at radius 1 is 1.35 bits per heavy atom. The fraction of sp³-hybridized carbons (Fsp3) is 0.438. The number of hydrogen-bond donors (Lipinski definition) is 1. The molecule has 0 aliphatic heterocycles. The number of carbonyl (C=O) groups is 1. The van der Waals surface area contributed by atoms with Crippen LogP contribution in [0.15, 0.2) is 36.9 Å². The number of carbonyl (C=O) groups excluding carboxylic acids is 1. The van der Waals surface area contributed by atoms with E-state index in [9.17, 15) is 14.3 Å². The predicted octanol–water partition coefficient (Wildman–Crippen LogP) is 1.89. The zero-order valence-corrected chi connectivity index (χ0v) is 13.4. The quantitative estimate of drug-likeness (QED) is 0.822. The molecule has 0 saturated heterocycles. The number of benzene rings is 1. The van der Waals surface area contributed by atoms with Gasteiger partial charge in [-0.3, -0.25) is 4.79 Å². The summed E-state index contributed by atoms with van der Waals surface area (Å²) in [5.74, 6) is -0.974. The van der Waals surface area contributed by atoms with E-state index in [0.717, 1.165) is 0 Å². The first-order chi connectivity index (χ1) is 10.8. The van der Waals surface area contributed by atoms with E-state index in [1.807, 2.05) is 0 Å². The Kier molecular flexibility index (Phi) is 4.79. The highest BCUT2D eigenvalue weighted by molar-refractivity contribution is 5.78. The summed E-state index contributed by atoms with van der Waals surface area (Å²) in [6.07, 6.45) is 2.78. The fourth-order valence-corrected chi connectivity index (χ4v) is 2.40. The normalized spacial score (nSPS) is 14.3. The minimum atomic E-state index is -1.65. The van der Waals surface area contributed by atoms with E-state index in [4.69, 9.17) is 4.74 Å². The van der Waals surface area contributed by atoms with Crippen LogP contribution in [-0.2, 0) is 21.7 Å². The average molecular weight is 321 g/mol. The highest BCUT2D eigenvalue weighted by atomic mass is 19.1. The van der Waals surface area contributed by atoms with E-state index >= 15 is 0 Å². The monoisotopic (exact) mass is 321 g/mol. The molecular formula is C16H20FN3O3. The van der Waals surface area contributed by atoms with E-state index in [1.54, 1.807) is 20.8 Å². The van der Waals surface area contributed by atoms with Crippen LogP contribution in [0, 0.1) is 11.2 Å². The Balaban J connectivity index is 2.49. The lowest BCUT2D eigenvalue weighted by molar-refractivity contribution is -0.175. The molecule has 0 spiro atoms. The fourth-order valence-electron chi connectivity index (χ4n) is 2.40. The average Bonchev–Trinajstić information content (AvgIpc) is 3.00. The van der Waals surface area contributed by atoms with Gasteiger partial charge in [-0.15, -0.1) is 0 Å². The summed E-state index contributed by atoms with van der Waals surface area (Å²) in [6, 6.07) is 5.38. The first kappa shape index (κ1) is 17.1. The summed E-state index contributed by atoms with van der Waals surface area (Å²) in [4.78, 5) is 16.2. The third-order valence-electron chi connectivity index (χ3n) is 4.00. The lowest BCUT2D eigenvalue weighted by Crippen LogP contribution is -2.50. The number of hydrogen-bond acceptors (Lipinski definition) is 5. The van der Waals surface area contributed by atoms with Crippen molar-refractivity contribution >= 4 is 5.97 Å². The van der Waals surface area contributed by atoms with Crippen LogP contribution >= 0.6 is 0 Å². The van der Waals surface area contributed by atoms with Gasteiger partial charge < -0.3 is 9.84 Å². The molecule has 1 aromatic heterocycles. The Labute approximate surface area is 133 Å². The Hall–Kier alpha value is -2.28. The zero-order chi connectivity index (χ0) is 17.1. The van der Waals surface area contributed by atoms with Crippen LogP contribution in [0.3, 0.4) is 0 Å². The van der Waals surface area contributed by atoms with Crippen LogP contribution in [0.2, 0.25) is 0 Å². The number of halogens is 1. The molecule has 124 valence electrons. The number of nitrogens with zero attached hydrogens (tertiary/aromatic N) is 3. The van der Waals surface area contributed by atoms with Crippen molar-refractivity contribution in [1.29, 1.82) is 0 Å². The number of ether oxygens (including phenoxy) is 1. The first-order valence-corrected chi connectivity index (χ1v) is 7.29. The topological polar surface area (TPSA) is 77.2 Å². The van der Waals surface area contributed by atoms with Crippen LogP contribution < -0.4 is 0 Å². The minimum Gasteiger partial charge on any atom is -0.465 e. The van der Waals surface area contributed by atoms with Gasteiger partial charge in [0.05, 0.1) is 18.6 Å². The molecule has 1 unspecified atom stereocenters. The van der Waals surface area contributed by atoms with Crippen LogP contribution in [-0.4, -0.2) is 32.4 Å². The third kappa shape index (κ3) is 3.24.